The van der Waals surface area contributed by atoms with E-state index >= 15 is 0 Å². The van der Waals surface area contributed by atoms with Gasteiger partial charge < -0.3 is 5.32 Å². The molecule has 7 heteroatoms. The van der Waals surface area contributed by atoms with Crippen molar-refractivity contribution < 1.29 is 18.0 Å². The molecule has 32 heavy (non-hydrogen) atoms. The number of carbonyl (C=O) groups excluding carboxylic acids is 1. The lowest BCUT2D eigenvalue weighted by atomic mass is 9.96. The van der Waals surface area contributed by atoms with Crippen LogP contribution in [0, 0.1) is 0 Å². The lowest BCUT2D eigenvalue weighted by Gasteiger charge is -2.26. The Kier molecular flexibility index (Phi) is 7.94. The van der Waals surface area contributed by atoms with Crippen LogP contribution in [0.5, 0.6) is 0 Å². The van der Waals surface area contributed by atoms with E-state index in [4.69, 9.17) is 11.6 Å². The second-order valence-electron chi connectivity index (χ2n) is 7.47. The van der Waals surface area contributed by atoms with E-state index in [1.165, 1.54) is 12.1 Å². The molecule has 2 N–H and O–H groups in total. The van der Waals surface area contributed by atoms with Gasteiger partial charge in [0.2, 0.25) is 5.91 Å². The van der Waals surface area contributed by atoms with Gasteiger partial charge in [-0.15, -0.1) is 0 Å². The van der Waals surface area contributed by atoms with Crippen LogP contribution in [0.1, 0.15) is 40.8 Å². The van der Waals surface area contributed by atoms with Gasteiger partial charge >= 0.3 is 6.18 Å². The Hall–Kier alpha value is -2.83. The normalized spacial score (nSPS) is 13.4. The molecule has 3 rings (SSSR count). The lowest BCUT2D eigenvalue weighted by Crippen LogP contribution is -2.38. The number of benzene rings is 3. The zero-order valence-corrected chi connectivity index (χ0v) is 18.3. The largest absolute Gasteiger partial charge is 0.416 e. The summed E-state index contributed by atoms with van der Waals surface area (Å²) in [5.74, 6) is -0.183. The van der Waals surface area contributed by atoms with Crippen LogP contribution in [-0.4, -0.2) is 13.0 Å². The number of alkyl halides is 3. The molecule has 0 fully saturated rings. The molecule has 0 unspecified atom stereocenters. The first-order valence-corrected chi connectivity index (χ1v) is 10.6. The highest BCUT2D eigenvalue weighted by Crippen LogP contribution is 2.30. The first-order chi connectivity index (χ1) is 15.3. The van der Waals surface area contributed by atoms with Crippen LogP contribution in [0.4, 0.5) is 13.2 Å². The van der Waals surface area contributed by atoms with Crippen molar-refractivity contribution in [2.75, 3.05) is 7.05 Å². The predicted octanol–water partition coefficient (Wildman–Crippen LogP) is 6.11. The Morgan fingerprint density at radius 1 is 0.938 bits per heavy atom. The fraction of sp³-hybridized carbons (Fsp3) is 0.240. The maximum Gasteiger partial charge on any atom is 0.416 e. The van der Waals surface area contributed by atoms with E-state index < -0.39 is 17.8 Å². The SMILES string of the molecule is CNC(=O)[C@@H](N[C@@H](CCc1ccc(C(F)(F)F)cc1)c1cccc(Cl)c1)c1ccccc1. The summed E-state index contributed by atoms with van der Waals surface area (Å²) in [4.78, 5) is 12.6. The van der Waals surface area contributed by atoms with Crippen LogP contribution in [0.15, 0.2) is 78.9 Å². The molecule has 0 saturated carbocycles. The van der Waals surface area contributed by atoms with E-state index in [-0.39, 0.29) is 11.9 Å². The van der Waals surface area contributed by atoms with E-state index in [2.05, 4.69) is 10.6 Å². The lowest BCUT2D eigenvalue weighted by molar-refractivity contribution is -0.137. The molecule has 0 aliphatic carbocycles. The highest BCUT2D eigenvalue weighted by Gasteiger charge is 2.30. The molecule has 168 valence electrons. The van der Waals surface area contributed by atoms with E-state index in [1.807, 2.05) is 48.5 Å². The van der Waals surface area contributed by atoms with Gasteiger partial charge in [-0.05, 0) is 53.8 Å². The second-order valence-corrected chi connectivity index (χ2v) is 7.90. The molecule has 2 atom stereocenters. The van der Waals surface area contributed by atoms with E-state index in [0.717, 1.165) is 28.8 Å². The van der Waals surface area contributed by atoms with Crippen LogP contribution >= 0.6 is 11.6 Å². The number of amides is 1. The average Bonchev–Trinajstić information content (AvgIpc) is 2.79. The van der Waals surface area contributed by atoms with Gasteiger partial charge in [-0.3, -0.25) is 10.1 Å². The van der Waals surface area contributed by atoms with Crippen LogP contribution < -0.4 is 10.6 Å². The number of likely N-dealkylation sites (N-methyl/N-ethyl adjacent to an activating group) is 1. The van der Waals surface area contributed by atoms with Crippen molar-refractivity contribution >= 4 is 17.5 Å². The number of hydrogen-bond acceptors (Lipinski definition) is 2. The molecule has 0 aliphatic rings. The number of rotatable bonds is 8. The van der Waals surface area contributed by atoms with Gasteiger partial charge in [0.05, 0.1) is 5.56 Å². The third-order valence-corrected chi connectivity index (χ3v) is 5.50. The van der Waals surface area contributed by atoms with Crippen molar-refractivity contribution in [1.82, 2.24) is 10.6 Å². The van der Waals surface area contributed by atoms with E-state index in [0.29, 0.717) is 17.9 Å². The van der Waals surface area contributed by atoms with Crippen molar-refractivity contribution in [2.24, 2.45) is 0 Å². The topological polar surface area (TPSA) is 41.1 Å². The predicted molar refractivity (Wildman–Crippen MR) is 120 cm³/mol. The third kappa shape index (κ3) is 6.34. The number of halogens is 4. The minimum atomic E-state index is -4.36. The number of aryl methyl sites for hydroxylation is 1. The molecule has 0 radical (unpaired) electrons. The standard InChI is InChI=1S/C25H24ClF3N2O/c1-30-24(32)23(18-6-3-2-4-7-18)31-22(19-8-5-9-21(26)16-19)15-12-17-10-13-20(14-11-17)25(27,28)29/h2-11,13-14,16,22-23,31H,12,15H2,1H3,(H,30,32)/t22-,23-/m0/s1. The molecule has 0 bridgehead atoms. The number of carbonyl (C=O) groups is 1. The zero-order chi connectivity index (χ0) is 23.1. The van der Waals surface area contributed by atoms with Crippen LogP contribution in [-0.2, 0) is 17.4 Å². The van der Waals surface area contributed by atoms with Gasteiger partial charge in [-0.2, -0.15) is 13.2 Å². The maximum absolute atomic E-state index is 12.8. The Morgan fingerprint density at radius 2 is 1.59 bits per heavy atom. The Balaban J connectivity index is 1.84. The molecule has 1 amide bonds. The minimum absolute atomic E-state index is 0.183. The van der Waals surface area contributed by atoms with Gasteiger partial charge in [-0.25, -0.2) is 0 Å². The van der Waals surface area contributed by atoms with Gasteiger partial charge in [0.25, 0.3) is 0 Å². The van der Waals surface area contributed by atoms with Crippen LogP contribution in [0.25, 0.3) is 0 Å². The van der Waals surface area contributed by atoms with Crippen molar-refractivity contribution in [2.45, 2.75) is 31.1 Å². The van der Waals surface area contributed by atoms with Crippen molar-refractivity contribution in [3.8, 4) is 0 Å². The summed E-state index contributed by atoms with van der Waals surface area (Å²) in [7, 11) is 1.58. The molecule has 0 aromatic heterocycles. The van der Waals surface area contributed by atoms with Gasteiger partial charge in [0.1, 0.15) is 6.04 Å². The van der Waals surface area contributed by atoms with Gasteiger partial charge in [0.15, 0.2) is 0 Å². The minimum Gasteiger partial charge on any atom is -0.358 e. The maximum atomic E-state index is 12.8. The second kappa shape index (κ2) is 10.7. The third-order valence-electron chi connectivity index (χ3n) is 5.26. The van der Waals surface area contributed by atoms with Gasteiger partial charge in [-0.1, -0.05) is 66.2 Å². The number of hydrogen-bond donors (Lipinski definition) is 2. The highest BCUT2D eigenvalue weighted by atomic mass is 35.5. The molecule has 3 aromatic rings. The summed E-state index contributed by atoms with van der Waals surface area (Å²) in [6, 6.07) is 21.0. The fourth-order valence-electron chi connectivity index (χ4n) is 3.56. The summed E-state index contributed by atoms with van der Waals surface area (Å²) in [5, 5.41) is 6.68. The molecular weight excluding hydrogens is 437 g/mol. The Labute approximate surface area is 190 Å². The summed E-state index contributed by atoms with van der Waals surface area (Å²) >= 11 is 6.20. The van der Waals surface area contributed by atoms with Crippen molar-refractivity contribution in [3.63, 3.8) is 0 Å². The molecule has 0 saturated heterocycles. The fourth-order valence-corrected chi connectivity index (χ4v) is 3.75. The monoisotopic (exact) mass is 460 g/mol. The first kappa shape index (κ1) is 23.8. The van der Waals surface area contributed by atoms with Crippen molar-refractivity contribution in [1.29, 1.82) is 0 Å². The number of nitrogens with one attached hydrogen (secondary N) is 2. The average molecular weight is 461 g/mol. The smallest absolute Gasteiger partial charge is 0.358 e. The van der Waals surface area contributed by atoms with Crippen LogP contribution in [0.3, 0.4) is 0 Å². The van der Waals surface area contributed by atoms with Crippen LogP contribution in [0.2, 0.25) is 5.02 Å². The molecule has 3 nitrogen and oxygen atoms in total. The molecular formula is C25H24ClF3N2O. The summed E-state index contributed by atoms with van der Waals surface area (Å²) in [6.45, 7) is 0. The molecule has 3 aromatic carbocycles. The molecule has 0 spiro atoms. The van der Waals surface area contributed by atoms with E-state index in [9.17, 15) is 18.0 Å². The summed E-state index contributed by atoms with van der Waals surface area (Å²) < 4.78 is 38.5. The highest BCUT2D eigenvalue weighted by molar-refractivity contribution is 6.30. The van der Waals surface area contributed by atoms with Gasteiger partial charge in [0, 0.05) is 18.1 Å². The molecule has 0 heterocycles. The molecule has 0 aliphatic heterocycles. The Morgan fingerprint density at radius 3 is 2.19 bits per heavy atom. The van der Waals surface area contributed by atoms with E-state index in [1.54, 1.807) is 13.1 Å². The first-order valence-electron chi connectivity index (χ1n) is 10.2. The summed E-state index contributed by atoms with van der Waals surface area (Å²) in [6.07, 6.45) is -3.27. The Bertz CT molecular complexity index is 1020. The zero-order valence-electron chi connectivity index (χ0n) is 17.5. The summed E-state index contributed by atoms with van der Waals surface area (Å²) in [5.41, 5.74) is 1.82. The van der Waals surface area contributed by atoms with Crippen molar-refractivity contribution in [3.05, 3.63) is 106 Å². The quantitative estimate of drug-likeness (QED) is 0.426.